The Hall–Kier alpha value is -3.11. The van der Waals surface area contributed by atoms with Crippen LogP contribution in [0.25, 0.3) is 10.8 Å². The number of pyridine rings is 2. The Labute approximate surface area is 223 Å². The van der Waals surface area contributed by atoms with Crippen molar-refractivity contribution in [1.29, 1.82) is 0 Å². The lowest BCUT2D eigenvalue weighted by Gasteiger charge is -2.62. The van der Waals surface area contributed by atoms with Gasteiger partial charge in [-0.1, -0.05) is 13.8 Å². The zero-order chi connectivity index (χ0) is 26.7. The van der Waals surface area contributed by atoms with E-state index in [0.29, 0.717) is 36.5 Å². The van der Waals surface area contributed by atoms with Crippen LogP contribution in [0.4, 0.5) is 27.8 Å². The molecule has 3 saturated heterocycles. The molecule has 0 saturated carbocycles. The van der Waals surface area contributed by atoms with Crippen molar-refractivity contribution in [2.24, 2.45) is 0 Å². The number of nitrogens with zero attached hydrogens (tertiary/aromatic N) is 7. The average molecular weight is 521 g/mol. The van der Waals surface area contributed by atoms with Crippen LogP contribution in [0.5, 0.6) is 0 Å². The Kier molecular flexibility index (Phi) is 6.14. The second-order valence-electron chi connectivity index (χ2n) is 11.7. The number of likely N-dealkylation sites (tertiary alicyclic amines) is 1. The van der Waals surface area contributed by atoms with Crippen molar-refractivity contribution in [3.05, 3.63) is 36.3 Å². The number of piperidine rings is 1. The lowest BCUT2D eigenvalue weighted by atomic mass is 9.77. The molecular weight excluding hydrogens is 483 g/mol. The van der Waals surface area contributed by atoms with Gasteiger partial charge in [-0.3, -0.25) is 0 Å². The number of hydrogen-bond acceptors (Lipinski definition) is 9. The van der Waals surface area contributed by atoms with Crippen molar-refractivity contribution in [3.8, 4) is 0 Å². The molecule has 1 spiro atoms. The van der Waals surface area contributed by atoms with Crippen LogP contribution in [0, 0.1) is 0 Å². The molecule has 38 heavy (non-hydrogen) atoms. The number of anilines is 4. The third kappa shape index (κ3) is 4.23. The minimum Gasteiger partial charge on any atom is -0.378 e. The number of likely N-dealkylation sites (N-methyl/N-ethyl adjacent to an activating group) is 1. The number of fused-ring (bicyclic) bond motifs is 1. The van der Waals surface area contributed by atoms with Gasteiger partial charge in [0, 0.05) is 57.3 Å². The maximum atomic E-state index is 15.1. The molecule has 3 aromatic heterocycles. The van der Waals surface area contributed by atoms with Crippen molar-refractivity contribution >= 4 is 34.2 Å². The van der Waals surface area contributed by atoms with Crippen LogP contribution in [-0.2, 0) is 4.74 Å². The molecular formula is C28H37FN8O. The van der Waals surface area contributed by atoms with E-state index in [0.717, 1.165) is 36.2 Å². The summed E-state index contributed by atoms with van der Waals surface area (Å²) in [5.41, 5.74) is -0.0562. The third-order valence-corrected chi connectivity index (χ3v) is 8.46. The van der Waals surface area contributed by atoms with E-state index in [1.165, 1.54) is 12.0 Å². The van der Waals surface area contributed by atoms with Gasteiger partial charge in [0.1, 0.15) is 17.5 Å². The maximum absolute atomic E-state index is 15.1. The first-order chi connectivity index (χ1) is 18.2. The van der Waals surface area contributed by atoms with Gasteiger partial charge in [0.25, 0.3) is 0 Å². The van der Waals surface area contributed by atoms with Crippen LogP contribution < -0.4 is 15.1 Å². The lowest BCUT2D eigenvalue weighted by Crippen LogP contribution is -2.76. The fourth-order valence-corrected chi connectivity index (χ4v) is 6.41. The van der Waals surface area contributed by atoms with E-state index in [9.17, 15) is 0 Å². The van der Waals surface area contributed by atoms with Gasteiger partial charge in [0.2, 0.25) is 5.95 Å². The second-order valence-corrected chi connectivity index (χ2v) is 11.7. The predicted molar refractivity (Wildman–Crippen MR) is 148 cm³/mol. The average Bonchev–Trinajstić information content (AvgIpc) is 2.85. The molecule has 10 heteroatoms. The van der Waals surface area contributed by atoms with Crippen LogP contribution in [0.3, 0.4) is 0 Å². The van der Waals surface area contributed by atoms with E-state index < -0.39 is 11.8 Å². The summed E-state index contributed by atoms with van der Waals surface area (Å²) in [5.74, 6) is 3.18. The van der Waals surface area contributed by atoms with E-state index in [1.54, 1.807) is 20.2 Å². The smallest absolute Gasteiger partial charge is 0.227 e. The van der Waals surface area contributed by atoms with E-state index in [2.05, 4.69) is 52.0 Å². The van der Waals surface area contributed by atoms with Crippen molar-refractivity contribution in [2.45, 2.75) is 56.8 Å². The molecule has 9 nitrogen and oxygen atoms in total. The van der Waals surface area contributed by atoms with Gasteiger partial charge in [0.05, 0.1) is 18.2 Å². The molecule has 0 aromatic carbocycles. The number of nitrogens with one attached hydrogen (secondary N) is 1. The number of aromatic nitrogens is 4. The van der Waals surface area contributed by atoms with E-state index >= 15 is 4.39 Å². The largest absolute Gasteiger partial charge is 0.378 e. The molecule has 0 bridgehead atoms. The van der Waals surface area contributed by atoms with Crippen molar-refractivity contribution in [2.75, 3.05) is 62.0 Å². The molecule has 0 aliphatic carbocycles. The predicted octanol–water partition coefficient (Wildman–Crippen LogP) is 4.13. The minimum atomic E-state index is -1.47. The molecule has 0 amide bonds. The summed E-state index contributed by atoms with van der Waals surface area (Å²) >= 11 is 0. The summed E-state index contributed by atoms with van der Waals surface area (Å²) in [6.07, 6.45) is 7.03. The number of rotatable bonds is 6. The number of methoxy groups -OCH3 is 1. The van der Waals surface area contributed by atoms with Crippen LogP contribution in [-0.4, -0.2) is 89.0 Å². The second kappa shape index (κ2) is 9.27. The Morgan fingerprint density at radius 1 is 1.08 bits per heavy atom. The van der Waals surface area contributed by atoms with E-state index in [4.69, 9.17) is 14.7 Å². The van der Waals surface area contributed by atoms with Crippen LogP contribution in [0.1, 0.15) is 45.1 Å². The van der Waals surface area contributed by atoms with Crippen molar-refractivity contribution < 1.29 is 9.13 Å². The number of halogens is 1. The van der Waals surface area contributed by atoms with Gasteiger partial charge in [-0.25, -0.2) is 19.3 Å². The first-order valence-electron chi connectivity index (χ1n) is 13.5. The van der Waals surface area contributed by atoms with Crippen LogP contribution >= 0.6 is 0 Å². The zero-order valence-corrected chi connectivity index (χ0v) is 22.9. The fourth-order valence-electron chi connectivity index (χ4n) is 6.41. The van der Waals surface area contributed by atoms with Gasteiger partial charge in [0.15, 0.2) is 5.67 Å². The van der Waals surface area contributed by atoms with Crippen molar-refractivity contribution in [3.63, 3.8) is 0 Å². The Morgan fingerprint density at radius 2 is 1.89 bits per heavy atom. The molecule has 3 aliphatic rings. The molecule has 6 rings (SSSR count). The van der Waals surface area contributed by atoms with Crippen LogP contribution in [0.15, 0.2) is 30.7 Å². The highest BCUT2D eigenvalue weighted by Gasteiger charge is 2.53. The number of hydrogen-bond donors (Lipinski definition) is 1. The lowest BCUT2D eigenvalue weighted by molar-refractivity contribution is -0.0381. The monoisotopic (exact) mass is 520 g/mol. The zero-order valence-electron chi connectivity index (χ0n) is 22.9. The highest BCUT2D eigenvalue weighted by molar-refractivity contribution is 5.96. The molecule has 3 fully saturated rings. The molecule has 1 N–H and O–H groups in total. The molecule has 202 valence electrons. The minimum absolute atomic E-state index is 0.185. The quantitative estimate of drug-likeness (QED) is 0.516. The van der Waals surface area contributed by atoms with E-state index in [1.807, 2.05) is 23.4 Å². The third-order valence-electron chi connectivity index (χ3n) is 8.46. The molecule has 0 radical (unpaired) electrons. The van der Waals surface area contributed by atoms with Gasteiger partial charge < -0.3 is 24.8 Å². The summed E-state index contributed by atoms with van der Waals surface area (Å²) in [6.45, 7) is 9.97. The highest BCUT2D eigenvalue weighted by atomic mass is 19.1. The topological polar surface area (TPSA) is 82.5 Å². The summed E-state index contributed by atoms with van der Waals surface area (Å²) in [4.78, 5) is 25.5. The SMILES string of the molecule is CO[C@H]1CCN(c2nccc(Nc3cc4c(C(C)C)cnc(N5CCC56CN(C)C6)c4cn3)n2)C[C@@]1(C)F. The Bertz CT molecular complexity index is 1340. The fraction of sp³-hybridized carbons (Fsp3) is 0.571. The number of ether oxygens (including phenoxy) is 1. The molecule has 3 aromatic rings. The first-order valence-corrected chi connectivity index (χ1v) is 13.5. The summed E-state index contributed by atoms with van der Waals surface area (Å²) < 4.78 is 20.5. The van der Waals surface area contributed by atoms with Gasteiger partial charge in [-0.2, -0.15) is 4.98 Å². The van der Waals surface area contributed by atoms with Gasteiger partial charge >= 0.3 is 0 Å². The standard InChI is InChI=1S/C28H37FN8O/c1-18(2)20-13-32-25(37-11-8-28(37)16-35(4)17-28)21-14-31-24(12-19(20)21)33-23-6-9-30-26(34-23)36-10-7-22(38-5)27(3,29)15-36/h6,9,12-14,18,22H,7-8,10-11,15-17H2,1-5H3,(H,30,31,33,34)/t22-,27+/m0/s1. The first kappa shape index (κ1) is 25.2. The normalized spacial score (nSPS) is 25.1. The molecule has 0 unspecified atom stereocenters. The molecule has 6 heterocycles. The van der Waals surface area contributed by atoms with Gasteiger partial charge in [-0.15, -0.1) is 0 Å². The van der Waals surface area contributed by atoms with E-state index in [-0.39, 0.29) is 12.1 Å². The summed E-state index contributed by atoms with van der Waals surface area (Å²) in [6, 6.07) is 3.91. The van der Waals surface area contributed by atoms with Crippen molar-refractivity contribution in [1.82, 2.24) is 24.8 Å². The Balaban J connectivity index is 1.28. The number of alkyl halides is 1. The summed E-state index contributed by atoms with van der Waals surface area (Å²) in [5, 5.41) is 5.59. The molecule has 2 atom stereocenters. The Morgan fingerprint density at radius 3 is 2.55 bits per heavy atom. The maximum Gasteiger partial charge on any atom is 0.227 e. The van der Waals surface area contributed by atoms with Gasteiger partial charge in [-0.05, 0) is 55.8 Å². The summed E-state index contributed by atoms with van der Waals surface area (Å²) in [7, 11) is 3.73. The molecule has 3 aliphatic heterocycles. The highest BCUT2D eigenvalue weighted by Crippen LogP contribution is 2.44. The van der Waals surface area contributed by atoms with Crippen LogP contribution in [0.2, 0.25) is 0 Å².